The van der Waals surface area contributed by atoms with Crippen LogP contribution < -0.4 is 4.74 Å². The first kappa shape index (κ1) is 24.0. The summed E-state index contributed by atoms with van der Waals surface area (Å²) in [5.41, 5.74) is 6.59. The summed E-state index contributed by atoms with van der Waals surface area (Å²) in [4.78, 5) is 5.88. The largest absolute Gasteiger partial charge is 0.497 e. The molecule has 5 heteroatoms. The number of imidazole rings is 1. The zero-order valence-corrected chi connectivity index (χ0v) is 20.5. The number of aryl methyl sites for hydroxylation is 4. The first-order valence-corrected chi connectivity index (χ1v) is 11.4. The lowest BCUT2D eigenvalue weighted by Crippen LogP contribution is -1.90. The van der Waals surface area contributed by atoms with Crippen molar-refractivity contribution in [2.45, 2.75) is 48.0 Å². The molecule has 0 aliphatic carbocycles. The fourth-order valence-corrected chi connectivity index (χ4v) is 3.93. The van der Waals surface area contributed by atoms with Crippen molar-refractivity contribution < 1.29 is 4.74 Å². The van der Waals surface area contributed by atoms with Gasteiger partial charge >= 0.3 is 0 Å². The molecule has 0 radical (unpaired) electrons. The fraction of sp³-hybridized carbons (Fsp3) is 0.320. The van der Waals surface area contributed by atoms with E-state index in [1.807, 2.05) is 44.2 Å². The Labute approximate surface area is 189 Å². The number of thiophene rings is 1. The Hall–Kier alpha value is -2.30. The zero-order valence-electron chi connectivity index (χ0n) is 18.9. The Morgan fingerprint density at radius 1 is 1.00 bits per heavy atom. The van der Waals surface area contributed by atoms with E-state index in [1.165, 1.54) is 22.4 Å². The molecule has 1 aromatic carbocycles. The molecule has 0 aliphatic rings. The Morgan fingerprint density at radius 2 is 1.63 bits per heavy atom. The fourth-order valence-electron chi connectivity index (χ4n) is 2.94. The molecule has 3 aromatic heterocycles. The average Bonchev–Trinajstić information content (AvgIpc) is 3.26. The molecule has 0 aliphatic heterocycles. The molecule has 0 atom stereocenters. The predicted octanol–water partition coefficient (Wildman–Crippen LogP) is 8.06. The monoisotopic (exact) mass is 442 g/mol. The smallest absolute Gasteiger partial charge is 0.156 e. The van der Waals surface area contributed by atoms with Crippen molar-refractivity contribution in [2.75, 3.05) is 7.11 Å². The van der Waals surface area contributed by atoms with Crippen molar-refractivity contribution in [3.8, 4) is 17.0 Å². The third-order valence-electron chi connectivity index (χ3n) is 4.25. The highest BCUT2D eigenvalue weighted by atomic mass is 35.5. The SMILES string of the molecule is CCC.COc1ccc(C)cc1.Cc1cc(Cl)c2nc(C)c(-c3csc(C)c3)n2c1. The van der Waals surface area contributed by atoms with Crippen LogP contribution in [-0.4, -0.2) is 16.5 Å². The normalized spacial score (nSPS) is 10.1. The second kappa shape index (κ2) is 11.2. The van der Waals surface area contributed by atoms with Crippen molar-refractivity contribution in [1.29, 1.82) is 0 Å². The molecule has 3 nitrogen and oxygen atoms in total. The lowest BCUT2D eigenvalue weighted by Gasteiger charge is -2.03. The number of hydrogen-bond acceptors (Lipinski definition) is 3. The Bertz CT molecular complexity index is 1080. The maximum atomic E-state index is 6.26. The highest BCUT2D eigenvalue weighted by molar-refractivity contribution is 7.10. The van der Waals surface area contributed by atoms with Crippen LogP contribution in [0.3, 0.4) is 0 Å². The van der Waals surface area contributed by atoms with Crippen LogP contribution in [-0.2, 0) is 0 Å². The van der Waals surface area contributed by atoms with Gasteiger partial charge < -0.3 is 4.74 Å². The maximum Gasteiger partial charge on any atom is 0.156 e. The van der Waals surface area contributed by atoms with Crippen LogP contribution in [0.2, 0.25) is 5.02 Å². The van der Waals surface area contributed by atoms with Crippen molar-refractivity contribution >= 4 is 28.6 Å². The summed E-state index contributed by atoms with van der Waals surface area (Å²) in [5.74, 6) is 0.917. The van der Waals surface area contributed by atoms with Gasteiger partial charge in [-0.3, -0.25) is 4.40 Å². The molecule has 0 amide bonds. The summed E-state index contributed by atoms with van der Waals surface area (Å²) < 4.78 is 7.06. The molecule has 0 spiro atoms. The van der Waals surface area contributed by atoms with E-state index in [9.17, 15) is 0 Å². The average molecular weight is 443 g/mol. The minimum absolute atomic E-state index is 0.705. The first-order valence-electron chi connectivity index (χ1n) is 10.1. The van der Waals surface area contributed by atoms with Crippen LogP contribution in [0.1, 0.15) is 42.0 Å². The number of pyridine rings is 1. The van der Waals surface area contributed by atoms with Crippen LogP contribution in [0, 0.1) is 27.7 Å². The Morgan fingerprint density at radius 3 is 2.17 bits per heavy atom. The van der Waals surface area contributed by atoms with Crippen molar-refractivity contribution in [1.82, 2.24) is 9.38 Å². The van der Waals surface area contributed by atoms with E-state index >= 15 is 0 Å². The van der Waals surface area contributed by atoms with Crippen LogP contribution in [0.15, 0.2) is 48.0 Å². The molecular formula is C25H31ClN2OS. The molecule has 0 N–H and O–H groups in total. The number of halogens is 1. The van der Waals surface area contributed by atoms with Crippen LogP contribution >= 0.6 is 22.9 Å². The molecule has 4 rings (SSSR count). The van der Waals surface area contributed by atoms with E-state index in [1.54, 1.807) is 18.4 Å². The van der Waals surface area contributed by atoms with Gasteiger partial charge in [0.1, 0.15) is 5.75 Å². The lowest BCUT2D eigenvalue weighted by atomic mass is 10.2. The number of hydrogen-bond donors (Lipinski definition) is 0. The third kappa shape index (κ3) is 6.10. The van der Waals surface area contributed by atoms with Gasteiger partial charge in [-0.2, -0.15) is 0 Å². The molecule has 30 heavy (non-hydrogen) atoms. The summed E-state index contributed by atoms with van der Waals surface area (Å²) in [6, 6.07) is 12.1. The number of aromatic nitrogens is 2. The topological polar surface area (TPSA) is 26.5 Å². The summed E-state index contributed by atoms with van der Waals surface area (Å²) in [6.07, 6.45) is 3.34. The van der Waals surface area contributed by atoms with Gasteiger partial charge in [-0.15, -0.1) is 11.3 Å². The van der Waals surface area contributed by atoms with Crippen molar-refractivity contribution in [3.63, 3.8) is 0 Å². The Kier molecular flexibility index (Phi) is 8.94. The van der Waals surface area contributed by atoms with E-state index in [0.717, 1.165) is 28.3 Å². The molecule has 3 heterocycles. The summed E-state index contributed by atoms with van der Waals surface area (Å²) in [6.45, 7) is 12.5. The summed E-state index contributed by atoms with van der Waals surface area (Å²) in [7, 11) is 1.67. The summed E-state index contributed by atoms with van der Waals surface area (Å²) >= 11 is 8.01. The van der Waals surface area contributed by atoms with Gasteiger partial charge in [0.25, 0.3) is 0 Å². The second-order valence-corrected chi connectivity index (χ2v) is 8.80. The quantitative estimate of drug-likeness (QED) is 0.313. The van der Waals surface area contributed by atoms with Gasteiger partial charge in [-0.1, -0.05) is 49.6 Å². The highest BCUT2D eigenvalue weighted by Gasteiger charge is 2.14. The number of rotatable bonds is 2. The number of ether oxygens (including phenoxy) is 1. The van der Waals surface area contributed by atoms with Gasteiger partial charge in [0.15, 0.2) is 5.65 Å². The highest BCUT2D eigenvalue weighted by Crippen LogP contribution is 2.31. The maximum absolute atomic E-state index is 6.26. The molecule has 160 valence electrons. The number of nitrogens with zero attached hydrogens (tertiary/aromatic N) is 2. The molecule has 0 fully saturated rings. The molecule has 0 saturated heterocycles. The predicted molar refractivity (Wildman–Crippen MR) is 131 cm³/mol. The van der Waals surface area contributed by atoms with Gasteiger partial charge in [0.05, 0.1) is 23.5 Å². The van der Waals surface area contributed by atoms with E-state index in [4.69, 9.17) is 16.3 Å². The number of methoxy groups -OCH3 is 1. The van der Waals surface area contributed by atoms with Crippen LogP contribution in [0.25, 0.3) is 16.9 Å². The van der Waals surface area contributed by atoms with E-state index in [0.29, 0.717) is 5.02 Å². The number of benzene rings is 1. The first-order chi connectivity index (χ1) is 14.3. The van der Waals surface area contributed by atoms with Crippen LogP contribution in [0.5, 0.6) is 5.75 Å². The van der Waals surface area contributed by atoms with Gasteiger partial charge in [0, 0.05) is 22.0 Å². The van der Waals surface area contributed by atoms with E-state index in [-0.39, 0.29) is 0 Å². The molecule has 0 saturated carbocycles. The molecule has 0 unspecified atom stereocenters. The van der Waals surface area contributed by atoms with Crippen molar-refractivity contribution in [3.05, 3.63) is 74.7 Å². The Balaban J connectivity index is 0.000000224. The molecular weight excluding hydrogens is 412 g/mol. The third-order valence-corrected chi connectivity index (χ3v) is 5.39. The van der Waals surface area contributed by atoms with Gasteiger partial charge in [0.2, 0.25) is 0 Å². The molecule has 0 bridgehead atoms. The van der Waals surface area contributed by atoms with E-state index < -0.39 is 0 Å². The minimum Gasteiger partial charge on any atom is -0.497 e. The lowest BCUT2D eigenvalue weighted by molar-refractivity contribution is 0.414. The van der Waals surface area contributed by atoms with Crippen molar-refractivity contribution in [2.24, 2.45) is 0 Å². The van der Waals surface area contributed by atoms with E-state index in [2.05, 4.69) is 54.7 Å². The van der Waals surface area contributed by atoms with Crippen LogP contribution in [0.4, 0.5) is 0 Å². The molecule has 4 aromatic rings. The zero-order chi connectivity index (χ0) is 22.3. The second-order valence-electron chi connectivity index (χ2n) is 7.28. The van der Waals surface area contributed by atoms with Gasteiger partial charge in [-0.05, 0) is 57.5 Å². The summed E-state index contributed by atoms with van der Waals surface area (Å²) in [5, 5.41) is 2.87. The van der Waals surface area contributed by atoms with Gasteiger partial charge in [-0.25, -0.2) is 4.98 Å². The standard InChI is InChI=1S/C14H13ClN2S.C8H10O.C3H8/c1-8-4-12(15)14-16-10(3)13(17(14)6-8)11-5-9(2)18-7-11;1-7-3-5-8(9-2)6-4-7;1-3-2/h4-7H,1-3H3;3-6H,1-2H3;3H2,1-2H3. The number of fused-ring (bicyclic) bond motifs is 1. The minimum atomic E-state index is 0.705.